The Hall–Kier alpha value is -0.520. The molecule has 0 aromatic heterocycles. The number of carbonyl (C=O) groups excluding carboxylic acids is 1. The van der Waals surface area contributed by atoms with E-state index in [4.69, 9.17) is 4.74 Å². The highest BCUT2D eigenvalue weighted by Gasteiger charge is 2.09. The van der Waals surface area contributed by atoms with Crippen LogP contribution in [0.25, 0.3) is 0 Å². The molecule has 3 nitrogen and oxygen atoms in total. The Morgan fingerprint density at radius 2 is 2.28 bits per heavy atom. The third kappa shape index (κ3) is 5.00. The van der Waals surface area contributed by atoms with Gasteiger partial charge in [0.2, 0.25) is 5.91 Å². The minimum atomic E-state index is 0.0476. The fourth-order valence-corrected chi connectivity index (χ4v) is 2.59. The van der Waals surface area contributed by atoms with Crippen molar-refractivity contribution in [2.45, 2.75) is 20.0 Å². The van der Waals surface area contributed by atoms with E-state index < -0.39 is 0 Å². The lowest BCUT2D eigenvalue weighted by atomic mass is 10.2. The van der Waals surface area contributed by atoms with Crippen molar-refractivity contribution >= 4 is 39.3 Å². The van der Waals surface area contributed by atoms with Crippen molar-refractivity contribution in [1.29, 1.82) is 0 Å². The molecule has 0 bridgehead atoms. The second-order valence-corrected chi connectivity index (χ2v) is 5.94. The molecule has 0 fully saturated rings. The van der Waals surface area contributed by atoms with Gasteiger partial charge >= 0.3 is 0 Å². The fourth-order valence-electron chi connectivity index (χ4n) is 1.49. The highest BCUT2D eigenvalue weighted by molar-refractivity contribution is 9.10. The lowest BCUT2D eigenvalue weighted by Gasteiger charge is -2.12. The number of methoxy groups -OCH3 is 1. The highest BCUT2D eigenvalue weighted by atomic mass is 79.9. The molecule has 0 saturated heterocycles. The van der Waals surface area contributed by atoms with Crippen LogP contribution in [0.4, 0.5) is 5.69 Å². The van der Waals surface area contributed by atoms with E-state index in [1.165, 1.54) is 0 Å². The summed E-state index contributed by atoms with van der Waals surface area (Å²) in [6.45, 7) is 2.56. The van der Waals surface area contributed by atoms with Gasteiger partial charge in [0.05, 0.1) is 6.61 Å². The molecule has 0 spiro atoms. The van der Waals surface area contributed by atoms with E-state index in [-0.39, 0.29) is 5.91 Å². The van der Waals surface area contributed by atoms with Crippen LogP contribution in [0.1, 0.15) is 18.9 Å². The zero-order valence-corrected chi connectivity index (χ0v) is 13.1. The van der Waals surface area contributed by atoms with Gasteiger partial charge < -0.3 is 10.1 Å². The number of ether oxygens (including phenoxy) is 1. The largest absolute Gasteiger partial charge is 0.380 e. The van der Waals surface area contributed by atoms with Crippen molar-refractivity contribution in [3.05, 3.63) is 28.2 Å². The Morgan fingerprint density at radius 3 is 2.94 bits per heavy atom. The minimum Gasteiger partial charge on any atom is -0.380 e. The summed E-state index contributed by atoms with van der Waals surface area (Å²) in [5.41, 5.74) is 1.79. The number of thioether (sulfide) groups is 1. The van der Waals surface area contributed by atoms with Crippen molar-refractivity contribution in [2.75, 3.05) is 23.9 Å². The Labute approximate surface area is 121 Å². The van der Waals surface area contributed by atoms with E-state index in [0.29, 0.717) is 13.0 Å². The number of hydrogen-bond donors (Lipinski definition) is 1. The molecule has 5 heteroatoms. The molecule has 0 atom stereocenters. The van der Waals surface area contributed by atoms with Gasteiger partial charge in [-0.1, -0.05) is 28.9 Å². The second kappa shape index (κ2) is 8.56. The Bertz CT molecular complexity index is 399. The van der Waals surface area contributed by atoms with Crippen molar-refractivity contribution < 1.29 is 9.53 Å². The average molecular weight is 332 g/mol. The van der Waals surface area contributed by atoms with Gasteiger partial charge in [0.1, 0.15) is 0 Å². The van der Waals surface area contributed by atoms with E-state index in [9.17, 15) is 4.79 Å². The van der Waals surface area contributed by atoms with Gasteiger partial charge in [0.25, 0.3) is 0 Å². The molecule has 0 heterocycles. The summed E-state index contributed by atoms with van der Waals surface area (Å²) in [5.74, 6) is 1.95. The number of amides is 1. The smallest absolute Gasteiger partial charge is 0.225 e. The molecule has 18 heavy (non-hydrogen) atoms. The fraction of sp³-hybridized carbons (Fsp3) is 0.462. The van der Waals surface area contributed by atoms with Crippen LogP contribution in [0.3, 0.4) is 0 Å². The standard InChI is InChI=1S/C13H18BrNO2S/c1-3-18-8-7-13(16)15-12-6-4-5-11(14)10(12)9-17-2/h4-6H,3,7-9H2,1-2H3,(H,15,16). The average Bonchev–Trinajstić information content (AvgIpc) is 2.34. The van der Waals surface area contributed by atoms with Gasteiger partial charge in [-0.3, -0.25) is 4.79 Å². The van der Waals surface area contributed by atoms with Crippen molar-refractivity contribution in [1.82, 2.24) is 0 Å². The summed E-state index contributed by atoms with van der Waals surface area (Å²) < 4.78 is 6.09. The number of nitrogens with one attached hydrogen (secondary N) is 1. The maximum absolute atomic E-state index is 11.8. The van der Waals surface area contributed by atoms with Crippen molar-refractivity contribution in [3.63, 3.8) is 0 Å². The predicted octanol–water partition coefficient (Wildman–Crippen LogP) is 3.68. The minimum absolute atomic E-state index is 0.0476. The molecule has 0 saturated carbocycles. The van der Waals surface area contributed by atoms with Gasteiger partial charge in [-0.2, -0.15) is 11.8 Å². The van der Waals surface area contributed by atoms with E-state index in [0.717, 1.165) is 27.2 Å². The Kier molecular flexibility index (Phi) is 7.39. The van der Waals surface area contributed by atoms with Crippen LogP contribution in [0.2, 0.25) is 0 Å². The summed E-state index contributed by atoms with van der Waals surface area (Å²) in [5, 5.41) is 2.93. The summed E-state index contributed by atoms with van der Waals surface area (Å²) in [4.78, 5) is 11.8. The van der Waals surface area contributed by atoms with Crippen molar-refractivity contribution in [2.24, 2.45) is 0 Å². The maximum atomic E-state index is 11.8. The van der Waals surface area contributed by atoms with Gasteiger partial charge in [-0.25, -0.2) is 0 Å². The first-order valence-electron chi connectivity index (χ1n) is 5.83. The number of benzene rings is 1. The molecule has 0 unspecified atom stereocenters. The van der Waals surface area contributed by atoms with E-state index >= 15 is 0 Å². The van der Waals surface area contributed by atoms with E-state index in [1.54, 1.807) is 18.9 Å². The number of anilines is 1. The molecule has 0 aliphatic rings. The molecule has 1 rings (SSSR count). The van der Waals surface area contributed by atoms with Crippen LogP contribution in [0.5, 0.6) is 0 Å². The molecule has 1 aromatic carbocycles. The zero-order chi connectivity index (χ0) is 13.4. The molecular weight excluding hydrogens is 314 g/mol. The van der Waals surface area contributed by atoms with Crippen LogP contribution in [-0.2, 0) is 16.1 Å². The quantitative estimate of drug-likeness (QED) is 0.774. The SMILES string of the molecule is CCSCCC(=O)Nc1cccc(Br)c1COC. The number of carbonyl (C=O) groups is 1. The van der Waals surface area contributed by atoms with Gasteiger partial charge in [0, 0.05) is 35.0 Å². The lowest BCUT2D eigenvalue weighted by Crippen LogP contribution is -2.14. The maximum Gasteiger partial charge on any atom is 0.225 e. The van der Waals surface area contributed by atoms with Crippen LogP contribution < -0.4 is 5.32 Å². The predicted molar refractivity (Wildman–Crippen MR) is 81.1 cm³/mol. The number of halogens is 1. The van der Waals surface area contributed by atoms with Crippen molar-refractivity contribution in [3.8, 4) is 0 Å². The molecule has 1 N–H and O–H groups in total. The van der Waals surface area contributed by atoms with Crippen LogP contribution >= 0.6 is 27.7 Å². The third-order valence-corrected chi connectivity index (χ3v) is 4.00. The molecule has 100 valence electrons. The van der Waals surface area contributed by atoms with E-state index in [1.807, 2.05) is 18.2 Å². The molecule has 1 amide bonds. The zero-order valence-electron chi connectivity index (χ0n) is 10.7. The Morgan fingerprint density at radius 1 is 1.50 bits per heavy atom. The summed E-state index contributed by atoms with van der Waals surface area (Å²) in [7, 11) is 1.64. The van der Waals surface area contributed by atoms with E-state index in [2.05, 4.69) is 28.2 Å². The molecule has 0 radical (unpaired) electrons. The summed E-state index contributed by atoms with van der Waals surface area (Å²) in [6.07, 6.45) is 0.539. The van der Waals surface area contributed by atoms with Crippen LogP contribution in [-0.4, -0.2) is 24.5 Å². The summed E-state index contributed by atoms with van der Waals surface area (Å²) >= 11 is 5.24. The first-order valence-corrected chi connectivity index (χ1v) is 7.77. The monoisotopic (exact) mass is 331 g/mol. The lowest BCUT2D eigenvalue weighted by molar-refractivity contribution is -0.115. The van der Waals surface area contributed by atoms with Crippen LogP contribution in [0, 0.1) is 0 Å². The highest BCUT2D eigenvalue weighted by Crippen LogP contribution is 2.25. The molecule has 0 aliphatic heterocycles. The van der Waals surface area contributed by atoms with Gasteiger partial charge in [-0.15, -0.1) is 0 Å². The first-order chi connectivity index (χ1) is 8.69. The van der Waals surface area contributed by atoms with Gasteiger partial charge in [0.15, 0.2) is 0 Å². The molecule has 1 aromatic rings. The summed E-state index contributed by atoms with van der Waals surface area (Å²) in [6, 6.07) is 5.74. The van der Waals surface area contributed by atoms with Gasteiger partial charge in [-0.05, 0) is 17.9 Å². The van der Waals surface area contributed by atoms with Crippen LogP contribution in [0.15, 0.2) is 22.7 Å². The topological polar surface area (TPSA) is 38.3 Å². The first kappa shape index (κ1) is 15.5. The number of hydrogen-bond acceptors (Lipinski definition) is 3. The number of rotatable bonds is 7. The Balaban J connectivity index is 2.65. The molecular formula is C13H18BrNO2S. The second-order valence-electron chi connectivity index (χ2n) is 3.69. The molecule has 0 aliphatic carbocycles. The third-order valence-electron chi connectivity index (χ3n) is 2.36. The normalized spacial score (nSPS) is 10.4.